The summed E-state index contributed by atoms with van der Waals surface area (Å²) in [4.78, 5) is 41.1. The second-order valence-corrected chi connectivity index (χ2v) is 10.7. The Balaban J connectivity index is 2.17. The molecule has 2 atom stereocenters. The second kappa shape index (κ2) is 13.4. The van der Waals surface area contributed by atoms with Crippen LogP contribution < -0.4 is 15.4 Å². The minimum absolute atomic E-state index is 0.178. The van der Waals surface area contributed by atoms with Crippen LogP contribution in [0.15, 0.2) is 24.3 Å². The summed E-state index contributed by atoms with van der Waals surface area (Å²) in [6.07, 6.45) is 4.90. The van der Waals surface area contributed by atoms with Gasteiger partial charge in [-0.3, -0.25) is 4.79 Å². The maximum Gasteiger partial charge on any atom is 0.329 e. The Bertz CT molecular complexity index is 824. The molecule has 2 N–H and O–H groups in total. The predicted molar refractivity (Wildman–Crippen MR) is 136 cm³/mol. The van der Waals surface area contributed by atoms with Gasteiger partial charge in [-0.05, 0) is 63.6 Å². The van der Waals surface area contributed by atoms with Crippen molar-refractivity contribution in [3.05, 3.63) is 29.8 Å². The van der Waals surface area contributed by atoms with Crippen LogP contribution in [0.5, 0.6) is 5.75 Å². The average Bonchev–Trinajstić information content (AvgIpc) is 3.07. The number of esters is 1. The number of hydrogen-bond donors (Lipinski definition) is 2. The number of nitrogens with one attached hydrogen (secondary N) is 2. The molecule has 0 radical (unpaired) electrons. The van der Waals surface area contributed by atoms with Gasteiger partial charge in [-0.25, -0.2) is 9.59 Å². The SMILES string of the molecule is COc1ccc(C[C@H](NC(=O)[C@H](CC(C)C)NC(=O)N2CCCCCC2)C(=O)OC(C)(C)C)cc1. The molecule has 1 fully saturated rings. The van der Waals surface area contributed by atoms with Crippen LogP contribution in [0.25, 0.3) is 0 Å². The molecule has 0 unspecified atom stereocenters. The number of benzene rings is 1. The molecule has 1 saturated heterocycles. The van der Waals surface area contributed by atoms with Gasteiger partial charge in [0.05, 0.1) is 7.11 Å². The Morgan fingerprint density at radius 2 is 1.54 bits per heavy atom. The Kier molecular flexibility index (Phi) is 10.9. The van der Waals surface area contributed by atoms with Gasteiger partial charge in [0.1, 0.15) is 23.4 Å². The molecule has 2 rings (SSSR count). The molecular formula is C27H43N3O5. The largest absolute Gasteiger partial charge is 0.497 e. The van der Waals surface area contributed by atoms with E-state index in [4.69, 9.17) is 9.47 Å². The minimum atomic E-state index is -0.889. The van der Waals surface area contributed by atoms with E-state index in [1.807, 2.05) is 38.1 Å². The molecule has 1 aliphatic heterocycles. The third-order valence-corrected chi connectivity index (χ3v) is 5.82. The summed E-state index contributed by atoms with van der Waals surface area (Å²) in [5.41, 5.74) is 0.161. The first-order valence-corrected chi connectivity index (χ1v) is 12.7. The van der Waals surface area contributed by atoms with E-state index >= 15 is 0 Å². The lowest BCUT2D eigenvalue weighted by Gasteiger charge is -2.28. The van der Waals surface area contributed by atoms with Gasteiger partial charge in [0, 0.05) is 19.5 Å². The number of ether oxygens (including phenoxy) is 2. The van der Waals surface area contributed by atoms with E-state index < -0.39 is 23.7 Å². The summed E-state index contributed by atoms with van der Waals surface area (Å²) in [6.45, 7) is 10.8. The summed E-state index contributed by atoms with van der Waals surface area (Å²) in [7, 11) is 1.59. The van der Waals surface area contributed by atoms with Crippen LogP contribution in [0.3, 0.4) is 0 Å². The van der Waals surface area contributed by atoms with E-state index in [9.17, 15) is 14.4 Å². The number of amides is 3. The van der Waals surface area contributed by atoms with Gasteiger partial charge in [-0.15, -0.1) is 0 Å². The van der Waals surface area contributed by atoms with Crippen molar-refractivity contribution in [3.8, 4) is 5.75 Å². The Hall–Kier alpha value is -2.77. The third kappa shape index (κ3) is 10.2. The molecule has 0 aromatic heterocycles. The lowest BCUT2D eigenvalue weighted by Crippen LogP contribution is -2.55. The average molecular weight is 490 g/mol. The van der Waals surface area contributed by atoms with Gasteiger partial charge in [0.2, 0.25) is 5.91 Å². The summed E-state index contributed by atoms with van der Waals surface area (Å²) in [5.74, 6) is -0.00775. The highest BCUT2D eigenvalue weighted by molar-refractivity contribution is 5.90. The molecule has 0 aliphatic carbocycles. The number of carbonyl (C=O) groups is 3. The lowest BCUT2D eigenvalue weighted by atomic mass is 10.0. The van der Waals surface area contributed by atoms with Gasteiger partial charge >= 0.3 is 12.0 Å². The second-order valence-electron chi connectivity index (χ2n) is 10.7. The van der Waals surface area contributed by atoms with E-state index in [0.29, 0.717) is 25.3 Å². The van der Waals surface area contributed by atoms with Crippen LogP contribution in [0, 0.1) is 5.92 Å². The molecule has 1 heterocycles. The highest BCUT2D eigenvalue weighted by Crippen LogP contribution is 2.16. The van der Waals surface area contributed by atoms with Crippen molar-refractivity contribution >= 4 is 17.9 Å². The molecule has 35 heavy (non-hydrogen) atoms. The highest BCUT2D eigenvalue weighted by Gasteiger charge is 2.31. The lowest BCUT2D eigenvalue weighted by molar-refractivity contribution is -0.158. The molecule has 8 nitrogen and oxygen atoms in total. The third-order valence-electron chi connectivity index (χ3n) is 5.82. The molecule has 8 heteroatoms. The zero-order valence-electron chi connectivity index (χ0n) is 22.2. The van der Waals surface area contributed by atoms with Crippen molar-refractivity contribution in [2.45, 2.75) is 90.8 Å². The maximum absolute atomic E-state index is 13.4. The number of carbonyl (C=O) groups excluding carboxylic acids is 3. The number of rotatable bonds is 9. The molecule has 196 valence electrons. The molecule has 0 spiro atoms. The first-order valence-electron chi connectivity index (χ1n) is 12.7. The van der Waals surface area contributed by atoms with Gasteiger partial charge in [-0.1, -0.05) is 38.8 Å². The van der Waals surface area contributed by atoms with Crippen LogP contribution in [0.1, 0.15) is 72.3 Å². The molecule has 1 aromatic carbocycles. The van der Waals surface area contributed by atoms with E-state index in [2.05, 4.69) is 10.6 Å². The summed E-state index contributed by atoms with van der Waals surface area (Å²) >= 11 is 0. The fourth-order valence-corrected chi connectivity index (χ4v) is 4.05. The van der Waals surface area contributed by atoms with Gasteiger partial charge in [-0.2, -0.15) is 0 Å². The van der Waals surface area contributed by atoms with Crippen LogP contribution in [-0.4, -0.2) is 60.7 Å². The molecule has 1 aromatic rings. The smallest absolute Gasteiger partial charge is 0.329 e. The molecule has 1 aliphatic rings. The molecule has 3 amide bonds. The van der Waals surface area contributed by atoms with Gasteiger partial charge < -0.3 is 25.0 Å². The van der Waals surface area contributed by atoms with Crippen molar-refractivity contribution in [2.24, 2.45) is 5.92 Å². The first-order chi connectivity index (χ1) is 16.5. The Morgan fingerprint density at radius 3 is 2.06 bits per heavy atom. The minimum Gasteiger partial charge on any atom is -0.497 e. The van der Waals surface area contributed by atoms with E-state index in [1.54, 1.807) is 32.8 Å². The summed E-state index contributed by atoms with van der Waals surface area (Å²) < 4.78 is 10.8. The fraction of sp³-hybridized carbons (Fsp3) is 0.667. The number of methoxy groups -OCH3 is 1. The van der Waals surface area contributed by atoms with Crippen molar-refractivity contribution < 1.29 is 23.9 Å². The Labute approximate surface area is 210 Å². The van der Waals surface area contributed by atoms with Crippen LogP contribution in [0.2, 0.25) is 0 Å². The van der Waals surface area contributed by atoms with Crippen LogP contribution in [0.4, 0.5) is 4.79 Å². The zero-order valence-corrected chi connectivity index (χ0v) is 22.2. The quantitative estimate of drug-likeness (QED) is 0.510. The van der Waals surface area contributed by atoms with E-state index in [1.165, 1.54) is 0 Å². The van der Waals surface area contributed by atoms with Gasteiger partial charge in [0.15, 0.2) is 0 Å². The monoisotopic (exact) mass is 489 g/mol. The number of urea groups is 1. The van der Waals surface area contributed by atoms with Crippen molar-refractivity contribution in [1.29, 1.82) is 0 Å². The molecule has 0 bridgehead atoms. The van der Waals surface area contributed by atoms with Crippen molar-refractivity contribution in [1.82, 2.24) is 15.5 Å². The van der Waals surface area contributed by atoms with Crippen molar-refractivity contribution in [2.75, 3.05) is 20.2 Å². The van der Waals surface area contributed by atoms with Gasteiger partial charge in [0.25, 0.3) is 0 Å². The topological polar surface area (TPSA) is 97.0 Å². The number of hydrogen-bond acceptors (Lipinski definition) is 5. The summed E-state index contributed by atoms with van der Waals surface area (Å²) in [6, 6.07) is 5.48. The van der Waals surface area contributed by atoms with E-state index in [-0.39, 0.29) is 24.3 Å². The predicted octanol–water partition coefficient (Wildman–Crippen LogP) is 4.06. The van der Waals surface area contributed by atoms with Crippen LogP contribution >= 0.6 is 0 Å². The highest BCUT2D eigenvalue weighted by atomic mass is 16.6. The van der Waals surface area contributed by atoms with Crippen LogP contribution in [-0.2, 0) is 20.7 Å². The number of likely N-dealkylation sites (tertiary alicyclic amines) is 1. The zero-order chi connectivity index (χ0) is 26.0. The fourth-order valence-electron chi connectivity index (χ4n) is 4.05. The standard InChI is InChI=1S/C27H43N3O5/c1-19(2)17-22(29-26(33)30-15-9-7-8-10-16-30)24(31)28-23(25(32)35-27(3,4)5)18-20-11-13-21(34-6)14-12-20/h11-14,19,22-23H,7-10,15-18H2,1-6H3,(H,28,31)(H,29,33)/t22-,23-/m0/s1. The van der Waals surface area contributed by atoms with E-state index in [0.717, 1.165) is 31.2 Å². The molecule has 0 saturated carbocycles. The van der Waals surface area contributed by atoms with Crippen molar-refractivity contribution in [3.63, 3.8) is 0 Å². The normalized spacial score (nSPS) is 16.1. The first kappa shape index (κ1) is 28.5. The molecular weight excluding hydrogens is 446 g/mol. The number of nitrogens with zero attached hydrogens (tertiary/aromatic N) is 1. The Morgan fingerprint density at radius 1 is 0.943 bits per heavy atom. The maximum atomic E-state index is 13.4. The summed E-state index contributed by atoms with van der Waals surface area (Å²) in [5, 5.41) is 5.79.